The molecule has 1 unspecified atom stereocenters. The Balaban J connectivity index is 2.10. The molecule has 214 valence electrons. The molecule has 1 N–H and O–H groups in total. The number of para-hydroxylation sites is 2. The molecule has 0 aliphatic heterocycles. The van der Waals surface area contributed by atoms with Crippen LogP contribution in [0.15, 0.2) is 77.7 Å². The highest BCUT2D eigenvalue weighted by Gasteiger charge is 2.34. The number of anilines is 1. The number of rotatable bonds is 12. The maximum atomic E-state index is 14.1. The zero-order chi connectivity index (χ0) is 29.4. The summed E-state index contributed by atoms with van der Waals surface area (Å²) < 4.78 is 34.3. The summed E-state index contributed by atoms with van der Waals surface area (Å²) in [6.45, 7) is 4.87. The van der Waals surface area contributed by atoms with Crippen LogP contribution in [0.4, 0.5) is 5.69 Å². The van der Waals surface area contributed by atoms with E-state index in [-0.39, 0.29) is 34.8 Å². The van der Waals surface area contributed by atoms with Crippen molar-refractivity contribution in [1.82, 2.24) is 10.2 Å². The first-order valence-electron chi connectivity index (χ1n) is 12.7. The molecule has 0 spiro atoms. The minimum Gasteiger partial charge on any atom is -0.495 e. The summed E-state index contributed by atoms with van der Waals surface area (Å²) in [5, 5.41) is 3.51. The summed E-state index contributed by atoms with van der Waals surface area (Å²) in [5.41, 5.74) is 0.824. The molecule has 0 fully saturated rings. The van der Waals surface area contributed by atoms with Gasteiger partial charge in [0.15, 0.2) is 0 Å². The molecule has 0 aromatic heterocycles. The molecule has 11 heteroatoms. The number of carbonyl (C=O) groups is 2. The number of nitrogens with zero attached hydrogens (tertiary/aromatic N) is 2. The topological polar surface area (TPSA) is 96.0 Å². The average molecular weight is 607 g/mol. The summed E-state index contributed by atoms with van der Waals surface area (Å²) >= 11 is 12.3. The molecule has 0 aliphatic carbocycles. The number of hydrogen-bond acceptors (Lipinski definition) is 5. The van der Waals surface area contributed by atoms with Crippen molar-refractivity contribution >= 4 is 50.7 Å². The van der Waals surface area contributed by atoms with Crippen molar-refractivity contribution in [1.29, 1.82) is 0 Å². The smallest absolute Gasteiger partial charge is 0.264 e. The third kappa shape index (κ3) is 7.47. The van der Waals surface area contributed by atoms with E-state index in [9.17, 15) is 18.0 Å². The molecule has 0 saturated carbocycles. The molecule has 1 atom stereocenters. The van der Waals surface area contributed by atoms with Crippen molar-refractivity contribution in [3.05, 3.63) is 88.4 Å². The maximum absolute atomic E-state index is 14.1. The Bertz CT molecular complexity index is 1430. The number of carbonyl (C=O) groups excluding carboxylic acids is 2. The van der Waals surface area contributed by atoms with Crippen LogP contribution in [0.3, 0.4) is 0 Å². The van der Waals surface area contributed by atoms with Gasteiger partial charge in [-0.2, -0.15) is 0 Å². The third-order valence-corrected chi connectivity index (χ3v) is 8.63. The monoisotopic (exact) mass is 605 g/mol. The van der Waals surface area contributed by atoms with Crippen LogP contribution in [-0.4, -0.2) is 50.9 Å². The normalized spacial score (nSPS) is 12.1. The van der Waals surface area contributed by atoms with Crippen LogP contribution in [0.2, 0.25) is 10.0 Å². The fourth-order valence-electron chi connectivity index (χ4n) is 4.20. The first-order chi connectivity index (χ1) is 19.0. The van der Waals surface area contributed by atoms with Crippen molar-refractivity contribution in [3.8, 4) is 5.75 Å². The van der Waals surface area contributed by atoms with E-state index in [0.29, 0.717) is 22.0 Å². The Labute approximate surface area is 245 Å². The SMILES string of the molecule is CCC(C(=O)NC(C)C)N(Cc1ccc(Cl)c(Cl)c1)C(=O)CN(c1ccccc1OC)S(=O)(=O)c1ccccc1. The highest BCUT2D eigenvalue weighted by Crippen LogP contribution is 2.33. The second kappa shape index (κ2) is 13.9. The van der Waals surface area contributed by atoms with Crippen LogP contribution in [0.1, 0.15) is 32.8 Å². The van der Waals surface area contributed by atoms with Gasteiger partial charge >= 0.3 is 0 Å². The number of halogens is 2. The summed E-state index contributed by atoms with van der Waals surface area (Å²) in [4.78, 5) is 28.7. The predicted molar refractivity (Wildman–Crippen MR) is 158 cm³/mol. The Hall–Kier alpha value is -3.27. The molecule has 3 rings (SSSR count). The van der Waals surface area contributed by atoms with Crippen molar-refractivity contribution < 1.29 is 22.7 Å². The molecule has 2 amide bonds. The minimum atomic E-state index is -4.21. The van der Waals surface area contributed by atoms with E-state index in [1.807, 2.05) is 13.8 Å². The quantitative estimate of drug-likeness (QED) is 0.293. The Morgan fingerprint density at radius 3 is 2.20 bits per heavy atom. The van der Waals surface area contributed by atoms with E-state index in [1.54, 1.807) is 67.6 Å². The molecule has 0 heterocycles. The summed E-state index contributed by atoms with van der Waals surface area (Å²) in [6.07, 6.45) is 0.297. The summed E-state index contributed by atoms with van der Waals surface area (Å²) in [5.74, 6) is -0.654. The third-order valence-electron chi connectivity index (χ3n) is 6.12. The van der Waals surface area contributed by atoms with Crippen molar-refractivity contribution in [3.63, 3.8) is 0 Å². The lowest BCUT2D eigenvalue weighted by Crippen LogP contribution is -2.53. The van der Waals surface area contributed by atoms with Crippen LogP contribution < -0.4 is 14.4 Å². The number of ether oxygens (including phenoxy) is 1. The zero-order valence-electron chi connectivity index (χ0n) is 22.8. The van der Waals surface area contributed by atoms with E-state index < -0.39 is 28.5 Å². The molecule has 8 nitrogen and oxygen atoms in total. The fourth-order valence-corrected chi connectivity index (χ4v) is 5.97. The van der Waals surface area contributed by atoms with Gasteiger partial charge in [-0.3, -0.25) is 13.9 Å². The van der Waals surface area contributed by atoms with Gasteiger partial charge in [-0.1, -0.05) is 66.5 Å². The Kier molecular flexibility index (Phi) is 10.8. The molecule has 3 aromatic rings. The number of methoxy groups -OCH3 is 1. The van der Waals surface area contributed by atoms with Crippen molar-refractivity contribution in [2.75, 3.05) is 18.0 Å². The van der Waals surface area contributed by atoms with Gasteiger partial charge in [-0.05, 0) is 62.2 Å². The molecule has 0 aliphatic rings. The van der Waals surface area contributed by atoms with Gasteiger partial charge in [0.25, 0.3) is 10.0 Å². The number of hydrogen-bond donors (Lipinski definition) is 1. The predicted octanol–water partition coefficient (Wildman–Crippen LogP) is 5.53. The van der Waals surface area contributed by atoms with E-state index in [1.165, 1.54) is 24.1 Å². The Morgan fingerprint density at radius 1 is 0.950 bits per heavy atom. The molecule has 0 radical (unpaired) electrons. The maximum Gasteiger partial charge on any atom is 0.264 e. The lowest BCUT2D eigenvalue weighted by atomic mass is 10.1. The largest absolute Gasteiger partial charge is 0.495 e. The molecule has 0 saturated heterocycles. The highest BCUT2D eigenvalue weighted by molar-refractivity contribution is 7.92. The van der Waals surface area contributed by atoms with Crippen molar-refractivity contribution in [2.45, 2.75) is 50.7 Å². The Morgan fingerprint density at radius 2 is 1.60 bits per heavy atom. The number of benzene rings is 3. The van der Waals surface area contributed by atoms with Gasteiger partial charge in [-0.25, -0.2) is 8.42 Å². The molecular weight excluding hydrogens is 573 g/mol. The number of sulfonamides is 1. The van der Waals surface area contributed by atoms with E-state index in [0.717, 1.165) is 4.31 Å². The lowest BCUT2D eigenvalue weighted by Gasteiger charge is -2.34. The van der Waals surface area contributed by atoms with E-state index in [4.69, 9.17) is 27.9 Å². The van der Waals surface area contributed by atoms with Crippen LogP contribution in [-0.2, 0) is 26.2 Å². The first-order valence-corrected chi connectivity index (χ1v) is 14.9. The average Bonchev–Trinajstić information content (AvgIpc) is 2.93. The highest BCUT2D eigenvalue weighted by atomic mass is 35.5. The van der Waals surface area contributed by atoms with Crippen LogP contribution in [0, 0.1) is 0 Å². The van der Waals surface area contributed by atoms with Gasteiger partial charge in [0.2, 0.25) is 11.8 Å². The van der Waals surface area contributed by atoms with Crippen LogP contribution in [0.25, 0.3) is 0 Å². The van der Waals surface area contributed by atoms with E-state index >= 15 is 0 Å². The summed E-state index contributed by atoms with van der Waals surface area (Å²) in [6, 6.07) is 18.3. The van der Waals surface area contributed by atoms with Crippen molar-refractivity contribution in [2.24, 2.45) is 0 Å². The molecule has 40 heavy (non-hydrogen) atoms. The second-order valence-electron chi connectivity index (χ2n) is 9.35. The molecular formula is C29H33Cl2N3O5S. The van der Waals surface area contributed by atoms with Gasteiger partial charge in [0.1, 0.15) is 18.3 Å². The zero-order valence-corrected chi connectivity index (χ0v) is 25.1. The molecule has 0 bridgehead atoms. The van der Waals surface area contributed by atoms with Gasteiger partial charge in [-0.15, -0.1) is 0 Å². The number of nitrogens with one attached hydrogen (secondary N) is 1. The lowest BCUT2D eigenvalue weighted by molar-refractivity contribution is -0.140. The first kappa shape index (κ1) is 31.3. The minimum absolute atomic E-state index is 0.00485. The number of amides is 2. The fraction of sp³-hybridized carbons (Fsp3) is 0.310. The standard InChI is InChI=1S/C29H33Cl2N3O5S/c1-5-25(29(36)32-20(2)3)33(18-21-15-16-23(30)24(31)17-21)28(35)19-34(26-13-9-10-14-27(26)39-4)40(37,38)22-11-7-6-8-12-22/h6-17,20,25H,5,18-19H2,1-4H3,(H,32,36). The summed E-state index contributed by atoms with van der Waals surface area (Å²) in [7, 11) is -2.78. The second-order valence-corrected chi connectivity index (χ2v) is 12.0. The van der Waals surface area contributed by atoms with Gasteiger partial charge in [0, 0.05) is 12.6 Å². The van der Waals surface area contributed by atoms with E-state index in [2.05, 4.69) is 5.32 Å². The van der Waals surface area contributed by atoms with Crippen LogP contribution >= 0.6 is 23.2 Å². The van der Waals surface area contributed by atoms with Crippen LogP contribution in [0.5, 0.6) is 5.75 Å². The van der Waals surface area contributed by atoms with Gasteiger partial charge < -0.3 is 15.0 Å². The molecule has 3 aromatic carbocycles. The van der Waals surface area contributed by atoms with Gasteiger partial charge in [0.05, 0.1) is 27.7 Å².